The molecular weight excluding hydrogens is 340 g/mol. The number of aromatic nitrogens is 2. The number of hydrogen-bond acceptors (Lipinski definition) is 6. The summed E-state index contributed by atoms with van der Waals surface area (Å²) in [5.41, 5.74) is 0.395. The van der Waals surface area contributed by atoms with Crippen molar-refractivity contribution < 1.29 is 13.2 Å². The smallest absolute Gasteiger partial charge is 0.272 e. The van der Waals surface area contributed by atoms with E-state index in [9.17, 15) is 13.2 Å². The third-order valence-corrected chi connectivity index (χ3v) is 6.75. The number of amides is 1. The van der Waals surface area contributed by atoms with E-state index in [2.05, 4.69) is 9.97 Å². The Bertz CT molecular complexity index is 714. The molecule has 2 aliphatic heterocycles. The van der Waals surface area contributed by atoms with Gasteiger partial charge in [-0.15, -0.1) is 0 Å². The Morgan fingerprint density at radius 3 is 2.60 bits per heavy atom. The second-order valence-electron chi connectivity index (χ2n) is 6.79. The molecule has 0 aromatic carbocycles. The molecule has 2 aliphatic rings. The molecule has 0 aliphatic carbocycles. The standard InChI is InChI=1S/C17H26N4O3S/c1-2-21(14-8-12-25(23,24)13-14)17-18-9-7-15(19-17)16(22)20-10-5-3-4-6-11-20/h7,9,14H,2-6,8,10-13H2,1H3. The molecule has 3 rings (SSSR count). The molecule has 8 heteroatoms. The first-order chi connectivity index (χ1) is 12.0. The Morgan fingerprint density at radius 2 is 2.00 bits per heavy atom. The number of hydrogen-bond donors (Lipinski definition) is 0. The fraction of sp³-hybridized carbons (Fsp3) is 0.706. The first-order valence-corrected chi connectivity index (χ1v) is 10.9. The summed E-state index contributed by atoms with van der Waals surface area (Å²) in [5, 5.41) is 0. The van der Waals surface area contributed by atoms with E-state index < -0.39 is 9.84 Å². The molecule has 0 saturated carbocycles. The highest BCUT2D eigenvalue weighted by Gasteiger charge is 2.33. The van der Waals surface area contributed by atoms with Crippen molar-refractivity contribution in [1.29, 1.82) is 0 Å². The zero-order valence-corrected chi connectivity index (χ0v) is 15.5. The molecule has 1 atom stereocenters. The summed E-state index contributed by atoms with van der Waals surface area (Å²) in [6.07, 6.45) is 6.58. The van der Waals surface area contributed by atoms with Crippen LogP contribution in [0.1, 0.15) is 49.5 Å². The second-order valence-corrected chi connectivity index (χ2v) is 9.02. The lowest BCUT2D eigenvalue weighted by Gasteiger charge is -2.27. The summed E-state index contributed by atoms with van der Waals surface area (Å²) in [5.74, 6) is 0.737. The lowest BCUT2D eigenvalue weighted by molar-refractivity contribution is 0.0755. The van der Waals surface area contributed by atoms with E-state index in [-0.39, 0.29) is 23.5 Å². The maximum absolute atomic E-state index is 12.8. The summed E-state index contributed by atoms with van der Waals surface area (Å²) in [4.78, 5) is 25.3. The molecule has 0 radical (unpaired) electrons. The van der Waals surface area contributed by atoms with Gasteiger partial charge in [0.15, 0.2) is 9.84 Å². The first-order valence-electron chi connectivity index (χ1n) is 9.09. The SMILES string of the molecule is CCN(c1nccc(C(=O)N2CCCCCC2)n1)C1CCS(=O)(=O)C1. The van der Waals surface area contributed by atoms with Crippen LogP contribution in [0.2, 0.25) is 0 Å². The molecule has 2 fully saturated rings. The molecule has 0 bridgehead atoms. The van der Waals surface area contributed by atoms with Crippen molar-refractivity contribution in [2.75, 3.05) is 36.0 Å². The number of nitrogens with zero attached hydrogens (tertiary/aromatic N) is 4. The van der Waals surface area contributed by atoms with Gasteiger partial charge in [0.2, 0.25) is 5.95 Å². The van der Waals surface area contributed by atoms with Crippen LogP contribution in [0.15, 0.2) is 12.3 Å². The van der Waals surface area contributed by atoms with Crippen LogP contribution >= 0.6 is 0 Å². The molecule has 0 spiro atoms. The van der Waals surface area contributed by atoms with E-state index in [1.165, 1.54) is 12.8 Å². The van der Waals surface area contributed by atoms with Crippen molar-refractivity contribution >= 4 is 21.7 Å². The van der Waals surface area contributed by atoms with Gasteiger partial charge >= 0.3 is 0 Å². The van der Waals surface area contributed by atoms with E-state index in [4.69, 9.17) is 0 Å². The third-order valence-electron chi connectivity index (χ3n) is 5.00. The summed E-state index contributed by atoms with van der Waals surface area (Å²) < 4.78 is 23.6. The number of carbonyl (C=O) groups excluding carboxylic acids is 1. The number of anilines is 1. The van der Waals surface area contributed by atoms with Gasteiger partial charge < -0.3 is 9.80 Å². The molecule has 1 aromatic rings. The lowest BCUT2D eigenvalue weighted by atomic mass is 10.2. The molecule has 1 aromatic heterocycles. The Morgan fingerprint density at radius 1 is 1.28 bits per heavy atom. The molecule has 25 heavy (non-hydrogen) atoms. The number of sulfone groups is 1. The summed E-state index contributed by atoms with van der Waals surface area (Å²) in [7, 11) is -2.98. The van der Waals surface area contributed by atoms with Crippen LogP contribution in [-0.2, 0) is 9.84 Å². The number of rotatable bonds is 4. The minimum absolute atomic E-state index is 0.0550. The average molecular weight is 366 g/mol. The number of likely N-dealkylation sites (tertiary alicyclic amines) is 1. The quantitative estimate of drug-likeness (QED) is 0.803. The van der Waals surface area contributed by atoms with Crippen LogP contribution < -0.4 is 4.90 Å². The zero-order valence-electron chi connectivity index (χ0n) is 14.7. The van der Waals surface area contributed by atoms with Gasteiger partial charge in [0.25, 0.3) is 5.91 Å². The molecule has 1 amide bonds. The van der Waals surface area contributed by atoms with E-state index in [0.29, 0.717) is 24.6 Å². The molecule has 3 heterocycles. The monoisotopic (exact) mass is 366 g/mol. The van der Waals surface area contributed by atoms with Crippen molar-refractivity contribution in [1.82, 2.24) is 14.9 Å². The minimum atomic E-state index is -2.98. The summed E-state index contributed by atoms with van der Waals surface area (Å²) in [6, 6.07) is 1.54. The highest BCUT2D eigenvalue weighted by atomic mass is 32.2. The maximum Gasteiger partial charge on any atom is 0.272 e. The van der Waals surface area contributed by atoms with Gasteiger partial charge in [0.1, 0.15) is 5.69 Å². The predicted octanol–water partition coefficient (Wildman–Crippen LogP) is 1.51. The topological polar surface area (TPSA) is 83.5 Å². The van der Waals surface area contributed by atoms with E-state index in [1.54, 1.807) is 12.3 Å². The zero-order chi connectivity index (χ0) is 17.9. The van der Waals surface area contributed by atoms with Crippen molar-refractivity contribution in [3.63, 3.8) is 0 Å². The Labute approximate surface area is 149 Å². The molecule has 0 N–H and O–H groups in total. The van der Waals surface area contributed by atoms with Crippen molar-refractivity contribution in [3.05, 3.63) is 18.0 Å². The van der Waals surface area contributed by atoms with Crippen LogP contribution in [0.4, 0.5) is 5.95 Å². The van der Waals surface area contributed by atoms with Gasteiger partial charge in [-0.1, -0.05) is 12.8 Å². The first kappa shape index (κ1) is 18.1. The van der Waals surface area contributed by atoms with Crippen LogP contribution in [0.3, 0.4) is 0 Å². The van der Waals surface area contributed by atoms with E-state index in [0.717, 1.165) is 25.9 Å². The Balaban J connectivity index is 1.79. The largest absolute Gasteiger partial charge is 0.337 e. The van der Waals surface area contributed by atoms with Gasteiger partial charge in [-0.3, -0.25) is 4.79 Å². The number of carbonyl (C=O) groups is 1. The van der Waals surface area contributed by atoms with Crippen LogP contribution in [0.5, 0.6) is 0 Å². The molecule has 138 valence electrons. The normalized spacial score (nSPS) is 23.2. The predicted molar refractivity (Wildman–Crippen MR) is 96.5 cm³/mol. The second kappa shape index (κ2) is 7.68. The lowest BCUT2D eigenvalue weighted by Crippen LogP contribution is -2.38. The van der Waals surface area contributed by atoms with Crippen LogP contribution in [-0.4, -0.2) is 66.4 Å². The van der Waals surface area contributed by atoms with Crippen molar-refractivity contribution in [2.45, 2.75) is 45.1 Å². The molecule has 2 saturated heterocycles. The van der Waals surface area contributed by atoms with Gasteiger partial charge in [-0.25, -0.2) is 18.4 Å². The summed E-state index contributed by atoms with van der Waals surface area (Å²) in [6.45, 7) is 4.12. The van der Waals surface area contributed by atoms with Gasteiger partial charge in [-0.05, 0) is 32.3 Å². The summed E-state index contributed by atoms with van der Waals surface area (Å²) >= 11 is 0. The maximum atomic E-state index is 12.8. The van der Waals surface area contributed by atoms with E-state index in [1.807, 2.05) is 16.7 Å². The molecule has 1 unspecified atom stereocenters. The van der Waals surface area contributed by atoms with Crippen LogP contribution in [0, 0.1) is 0 Å². The fourth-order valence-corrected chi connectivity index (χ4v) is 5.36. The fourth-order valence-electron chi connectivity index (χ4n) is 3.63. The average Bonchev–Trinajstić information content (AvgIpc) is 2.80. The van der Waals surface area contributed by atoms with E-state index >= 15 is 0 Å². The highest BCUT2D eigenvalue weighted by Crippen LogP contribution is 2.22. The van der Waals surface area contributed by atoms with Crippen molar-refractivity contribution in [3.8, 4) is 0 Å². The van der Waals surface area contributed by atoms with Gasteiger partial charge in [0.05, 0.1) is 11.5 Å². The Kier molecular flexibility index (Phi) is 5.56. The molecular formula is C17H26N4O3S. The molecule has 7 nitrogen and oxygen atoms in total. The minimum Gasteiger partial charge on any atom is -0.337 e. The Hall–Kier alpha value is -1.70. The van der Waals surface area contributed by atoms with Crippen LogP contribution in [0.25, 0.3) is 0 Å². The highest BCUT2D eigenvalue weighted by molar-refractivity contribution is 7.91. The third kappa shape index (κ3) is 4.29. The van der Waals surface area contributed by atoms with Gasteiger partial charge in [0, 0.05) is 31.9 Å². The van der Waals surface area contributed by atoms with Crippen molar-refractivity contribution in [2.24, 2.45) is 0 Å². The van der Waals surface area contributed by atoms with Gasteiger partial charge in [-0.2, -0.15) is 0 Å².